The van der Waals surface area contributed by atoms with E-state index in [2.05, 4.69) is 14.5 Å². The van der Waals surface area contributed by atoms with Crippen molar-refractivity contribution in [2.75, 3.05) is 6.61 Å². The van der Waals surface area contributed by atoms with Crippen LogP contribution in [-0.2, 0) is 9.53 Å². The summed E-state index contributed by atoms with van der Waals surface area (Å²) in [6.45, 7) is 1.75. The second-order valence-corrected chi connectivity index (χ2v) is 2.89. The Balaban J connectivity index is 2.91. The lowest BCUT2D eigenvalue weighted by molar-refractivity contribution is -0.141. The molecule has 0 radical (unpaired) electrons. The SMILES string of the molecule is CCOC(=O)C(=[N+]=[N-])C(O)c1cccnc1. The fourth-order valence-corrected chi connectivity index (χ4v) is 1.11. The zero-order valence-corrected chi connectivity index (χ0v) is 8.70. The first-order chi connectivity index (χ1) is 7.70. The Kier molecular flexibility index (Phi) is 4.32. The number of hydrogen-bond acceptors (Lipinski definition) is 4. The van der Waals surface area contributed by atoms with E-state index in [1.807, 2.05) is 0 Å². The normalized spacial score (nSPS) is 11.4. The molecule has 0 aliphatic rings. The maximum atomic E-state index is 11.3. The summed E-state index contributed by atoms with van der Waals surface area (Å²) in [5.74, 6) is -0.860. The monoisotopic (exact) mass is 221 g/mol. The number of esters is 1. The predicted molar refractivity (Wildman–Crippen MR) is 54.5 cm³/mol. The average molecular weight is 221 g/mol. The van der Waals surface area contributed by atoms with Crippen LogP contribution in [0.1, 0.15) is 18.6 Å². The zero-order chi connectivity index (χ0) is 12.0. The van der Waals surface area contributed by atoms with E-state index in [4.69, 9.17) is 5.53 Å². The van der Waals surface area contributed by atoms with E-state index in [0.29, 0.717) is 5.56 Å². The average Bonchev–Trinajstić information content (AvgIpc) is 2.31. The van der Waals surface area contributed by atoms with Crippen molar-refractivity contribution in [1.82, 2.24) is 4.98 Å². The molecule has 0 aliphatic carbocycles. The first kappa shape index (κ1) is 12.0. The third-order valence-corrected chi connectivity index (χ3v) is 1.85. The summed E-state index contributed by atoms with van der Waals surface area (Å²) in [7, 11) is 0. The molecule has 1 aromatic heterocycles. The second-order valence-electron chi connectivity index (χ2n) is 2.89. The number of hydrogen-bond donors (Lipinski definition) is 1. The molecule has 1 N–H and O–H groups in total. The molecule has 0 aliphatic heterocycles. The van der Waals surface area contributed by atoms with Gasteiger partial charge in [0.05, 0.1) is 6.61 Å². The number of pyridine rings is 1. The number of rotatable bonds is 4. The molecular formula is C10H11N3O3. The maximum Gasteiger partial charge on any atom is 0.420 e. The molecule has 0 bridgehead atoms. The lowest BCUT2D eigenvalue weighted by Gasteiger charge is -2.04. The van der Waals surface area contributed by atoms with Crippen molar-refractivity contribution in [2.24, 2.45) is 0 Å². The van der Waals surface area contributed by atoms with Gasteiger partial charge in [-0.2, -0.15) is 4.79 Å². The quantitative estimate of drug-likeness (QED) is 0.343. The van der Waals surface area contributed by atoms with Gasteiger partial charge >= 0.3 is 11.7 Å². The smallest absolute Gasteiger partial charge is 0.420 e. The van der Waals surface area contributed by atoms with Crippen molar-refractivity contribution in [2.45, 2.75) is 13.0 Å². The van der Waals surface area contributed by atoms with Gasteiger partial charge in [0.1, 0.15) is 0 Å². The van der Waals surface area contributed by atoms with Crippen LogP contribution < -0.4 is 0 Å². The summed E-state index contributed by atoms with van der Waals surface area (Å²) in [5, 5.41) is 9.75. The minimum Gasteiger partial charge on any atom is -0.457 e. The van der Waals surface area contributed by atoms with E-state index in [9.17, 15) is 9.90 Å². The number of nitrogens with zero attached hydrogens (tertiary/aromatic N) is 3. The molecule has 1 heterocycles. The van der Waals surface area contributed by atoms with Crippen LogP contribution in [-0.4, -0.2) is 33.2 Å². The number of carbonyl (C=O) groups excluding carboxylic acids is 1. The number of aromatic nitrogens is 1. The van der Waals surface area contributed by atoms with Crippen molar-refractivity contribution in [3.8, 4) is 0 Å². The summed E-state index contributed by atoms with van der Waals surface area (Å²) < 4.78 is 4.63. The molecule has 1 aromatic rings. The van der Waals surface area contributed by atoms with Crippen molar-refractivity contribution in [3.63, 3.8) is 0 Å². The topological polar surface area (TPSA) is 95.8 Å². The van der Waals surface area contributed by atoms with Crippen LogP contribution in [0.4, 0.5) is 0 Å². The summed E-state index contributed by atoms with van der Waals surface area (Å²) in [6.07, 6.45) is 1.54. The van der Waals surface area contributed by atoms with Gasteiger partial charge in [-0.3, -0.25) is 4.98 Å². The molecule has 0 spiro atoms. The Labute approximate surface area is 92.1 Å². The molecule has 0 amide bonds. The highest BCUT2D eigenvalue weighted by Crippen LogP contribution is 2.12. The van der Waals surface area contributed by atoms with Gasteiger partial charge in [-0.15, -0.1) is 0 Å². The number of aliphatic hydroxyl groups excluding tert-OH is 1. The number of ether oxygens (including phenoxy) is 1. The third-order valence-electron chi connectivity index (χ3n) is 1.85. The second kappa shape index (κ2) is 5.75. The van der Waals surface area contributed by atoms with Crippen LogP contribution >= 0.6 is 0 Å². The van der Waals surface area contributed by atoms with Gasteiger partial charge in [-0.1, -0.05) is 6.07 Å². The van der Waals surface area contributed by atoms with Crippen molar-refractivity contribution in [1.29, 1.82) is 0 Å². The highest BCUT2D eigenvalue weighted by Gasteiger charge is 2.32. The molecule has 0 saturated carbocycles. The summed E-state index contributed by atoms with van der Waals surface area (Å²) in [5.41, 5.74) is 8.55. The van der Waals surface area contributed by atoms with Crippen molar-refractivity contribution in [3.05, 3.63) is 35.6 Å². The van der Waals surface area contributed by atoms with Gasteiger partial charge in [0.25, 0.3) is 0 Å². The Morgan fingerprint density at radius 1 is 1.75 bits per heavy atom. The largest absolute Gasteiger partial charge is 0.457 e. The van der Waals surface area contributed by atoms with Crippen LogP contribution in [0, 0.1) is 0 Å². The summed E-state index contributed by atoms with van der Waals surface area (Å²) in [6, 6.07) is 3.15. The molecule has 0 fully saturated rings. The van der Waals surface area contributed by atoms with E-state index >= 15 is 0 Å². The molecule has 6 heteroatoms. The Hall–Kier alpha value is -2.04. The Morgan fingerprint density at radius 3 is 3.00 bits per heavy atom. The molecule has 84 valence electrons. The standard InChI is InChI=1S/C10H11N3O3/c1-2-16-10(15)8(13-11)9(14)7-4-3-5-12-6-7/h3-6,9,14H,2H2,1H3. The molecule has 6 nitrogen and oxygen atoms in total. The fraction of sp³-hybridized carbons (Fsp3) is 0.300. The van der Waals surface area contributed by atoms with Gasteiger partial charge in [0, 0.05) is 18.0 Å². The lowest BCUT2D eigenvalue weighted by Crippen LogP contribution is -2.25. The minimum absolute atomic E-state index is 0.137. The summed E-state index contributed by atoms with van der Waals surface area (Å²) in [4.78, 5) is 17.8. The number of aliphatic hydroxyl groups is 1. The molecule has 0 aromatic carbocycles. The summed E-state index contributed by atoms with van der Waals surface area (Å²) >= 11 is 0. The van der Waals surface area contributed by atoms with Gasteiger partial charge in [-0.05, 0) is 13.0 Å². The molecule has 0 saturated heterocycles. The highest BCUT2D eigenvalue weighted by molar-refractivity contribution is 6.35. The van der Waals surface area contributed by atoms with E-state index < -0.39 is 17.8 Å². The van der Waals surface area contributed by atoms with Crippen LogP contribution in [0.5, 0.6) is 0 Å². The van der Waals surface area contributed by atoms with Gasteiger partial charge in [0.15, 0.2) is 6.10 Å². The first-order valence-corrected chi connectivity index (χ1v) is 4.67. The van der Waals surface area contributed by atoms with Gasteiger partial charge in [-0.25, -0.2) is 4.79 Å². The molecule has 1 atom stereocenters. The lowest BCUT2D eigenvalue weighted by atomic mass is 10.1. The van der Waals surface area contributed by atoms with E-state index in [1.54, 1.807) is 19.1 Å². The van der Waals surface area contributed by atoms with Crippen molar-refractivity contribution >= 4 is 11.7 Å². The highest BCUT2D eigenvalue weighted by atomic mass is 16.5. The fourth-order valence-electron chi connectivity index (χ4n) is 1.11. The van der Waals surface area contributed by atoms with Gasteiger partial charge in [0.2, 0.25) is 0 Å². The maximum absolute atomic E-state index is 11.3. The van der Waals surface area contributed by atoms with Crippen molar-refractivity contribution < 1.29 is 19.4 Å². The third kappa shape index (κ3) is 2.73. The Morgan fingerprint density at radius 2 is 2.50 bits per heavy atom. The molecule has 1 rings (SSSR count). The Bertz CT molecular complexity index is 413. The number of carbonyl (C=O) groups is 1. The van der Waals surface area contributed by atoms with Crippen LogP contribution in [0.3, 0.4) is 0 Å². The van der Waals surface area contributed by atoms with E-state index in [0.717, 1.165) is 0 Å². The van der Waals surface area contributed by atoms with E-state index in [1.165, 1.54) is 12.4 Å². The van der Waals surface area contributed by atoms with Crippen LogP contribution in [0.2, 0.25) is 0 Å². The zero-order valence-electron chi connectivity index (χ0n) is 8.70. The predicted octanol–water partition coefficient (Wildman–Crippen LogP) is 0.349. The van der Waals surface area contributed by atoms with E-state index in [-0.39, 0.29) is 6.61 Å². The van der Waals surface area contributed by atoms with Crippen LogP contribution in [0.15, 0.2) is 24.5 Å². The van der Waals surface area contributed by atoms with Crippen LogP contribution in [0.25, 0.3) is 5.53 Å². The molecule has 16 heavy (non-hydrogen) atoms. The first-order valence-electron chi connectivity index (χ1n) is 4.67. The molecule has 1 unspecified atom stereocenters. The minimum atomic E-state index is -1.35. The molecular weight excluding hydrogens is 210 g/mol. The van der Waals surface area contributed by atoms with Gasteiger partial charge < -0.3 is 15.4 Å².